The zero-order valence-electron chi connectivity index (χ0n) is 8.53. The molecule has 0 radical (unpaired) electrons. The second-order valence-corrected chi connectivity index (χ2v) is 3.98. The molecule has 1 aromatic heterocycles. The molecule has 0 aromatic carbocycles. The fourth-order valence-corrected chi connectivity index (χ4v) is 1.51. The van der Waals surface area contributed by atoms with Crippen LogP contribution in [-0.2, 0) is 0 Å². The number of carbonyl (C=O) groups is 1. The first-order valence-electron chi connectivity index (χ1n) is 4.90. The number of nitrogens with one attached hydrogen (secondary N) is 1. The maximum Gasteiger partial charge on any atom is 0.250 e. The van der Waals surface area contributed by atoms with Crippen molar-refractivity contribution in [3.05, 3.63) is 17.8 Å². The third kappa shape index (κ3) is 2.01. The zero-order valence-corrected chi connectivity index (χ0v) is 8.53. The zero-order chi connectivity index (χ0) is 11.0. The van der Waals surface area contributed by atoms with E-state index in [0.29, 0.717) is 29.0 Å². The molecule has 1 heterocycles. The van der Waals surface area contributed by atoms with Crippen molar-refractivity contribution in [3.63, 3.8) is 0 Å². The average molecular weight is 206 g/mol. The third-order valence-corrected chi connectivity index (χ3v) is 2.64. The van der Waals surface area contributed by atoms with E-state index in [1.807, 2.05) is 0 Å². The van der Waals surface area contributed by atoms with Gasteiger partial charge in [-0.1, -0.05) is 6.92 Å². The van der Waals surface area contributed by atoms with Crippen molar-refractivity contribution in [1.82, 2.24) is 4.98 Å². The van der Waals surface area contributed by atoms with Crippen molar-refractivity contribution in [1.29, 1.82) is 0 Å². The van der Waals surface area contributed by atoms with Crippen LogP contribution in [0.2, 0.25) is 0 Å². The van der Waals surface area contributed by atoms with Crippen molar-refractivity contribution >= 4 is 17.4 Å². The normalized spacial score (nSPS) is 23.5. The largest absolute Gasteiger partial charge is 0.384 e. The number of aromatic nitrogens is 1. The Morgan fingerprint density at radius 2 is 2.33 bits per heavy atom. The van der Waals surface area contributed by atoms with Gasteiger partial charge in [-0.05, 0) is 18.4 Å². The summed E-state index contributed by atoms with van der Waals surface area (Å²) in [5, 5.41) is 3.22. The minimum atomic E-state index is -0.486. The number of anilines is 2. The molecule has 1 fully saturated rings. The molecule has 2 atom stereocenters. The van der Waals surface area contributed by atoms with Crippen LogP contribution < -0.4 is 16.8 Å². The molecule has 0 aliphatic heterocycles. The van der Waals surface area contributed by atoms with Gasteiger partial charge in [0.05, 0.1) is 17.4 Å². The molecule has 5 N–H and O–H groups in total. The lowest BCUT2D eigenvalue weighted by Gasteiger charge is -2.09. The van der Waals surface area contributed by atoms with Crippen LogP contribution >= 0.6 is 0 Å². The summed E-state index contributed by atoms with van der Waals surface area (Å²) in [6, 6.07) is 1.92. The molecule has 1 amide bonds. The molecule has 1 saturated carbocycles. The SMILES string of the molecule is CC1CC1Nc1cnc(N)cc1C(N)=O. The Labute approximate surface area is 87.9 Å². The van der Waals surface area contributed by atoms with Crippen LogP contribution in [0.15, 0.2) is 12.3 Å². The van der Waals surface area contributed by atoms with E-state index in [9.17, 15) is 4.79 Å². The molecule has 5 heteroatoms. The van der Waals surface area contributed by atoms with Gasteiger partial charge in [-0.15, -0.1) is 0 Å². The van der Waals surface area contributed by atoms with Gasteiger partial charge in [-0.2, -0.15) is 0 Å². The summed E-state index contributed by atoms with van der Waals surface area (Å²) in [6.07, 6.45) is 2.67. The minimum Gasteiger partial charge on any atom is -0.384 e. The topological polar surface area (TPSA) is 94.0 Å². The monoisotopic (exact) mass is 206 g/mol. The summed E-state index contributed by atoms with van der Waals surface area (Å²) >= 11 is 0. The number of nitrogens with two attached hydrogens (primary N) is 2. The summed E-state index contributed by atoms with van der Waals surface area (Å²) in [5.74, 6) is 0.460. The van der Waals surface area contributed by atoms with E-state index in [4.69, 9.17) is 11.5 Å². The Morgan fingerprint density at radius 3 is 2.87 bits per heavy atom. The third-order valence-electron chi connectivity index (χ3n) is 2.64. The van der Waals surface area contributed by atoms with Crippen LogP contribution in [-0.4, -0.2) is 16.9 Å². The van der Waals surface area contributed by atoms with Crippen molar-refractivity contribution in [2.24, 2.45) is 11.7 Å². The lowest BCUT2D eigenvalue weighted by Crippen LogP contribution is -2.16. The van der Waals surface area contributed by atoms with E-state index < -0.39 is 5.91 Å². The summed E-state index contributed by atoms with van der Waals surface area (Å²) < 4.78 is 0. The Morgan fingerprint density at radius 1 is 1.67 bits per heavy atom. The first-order chi connectivity index (χ1) is 7.08. The van der Waals surface area contributed by atoms with E-state index in [1.54, 1.807) is 6.20 Å². The van der Waals surface area contributed by atoms with Gasteiger partial charge in [-0.3, -0.25) is 4.79 Å². The molecule has 0 saturated heterocycles. The number of nitrogens with zero attached hydrogens (tertiary/aromatic N) is 1. The molecular formula is C10H14N4O. The van der Waals surface area contributed by atoms with Crippen molar-refractivity contribution in [2.45, 2.75) is 19.4 Å². The highest BCUT2D eigenvalue weighted by atomic mass is 16.1. The Balaban J connectivity index is 2.25. The number of hydrogen-bond donors (Lipinski definition) is 3. The predicted octanol–water partition coefficient (Wildman–Crippen LogP) is 0.583. The highest BCUT2D eigenvalue weighted by Crippen LogP contribution is 2.33. The summed E-state index contributed by atoms with van der Waals surface area (Å²) in [7, 11) is 0. The van der Waals surface area contributed by atoms with Crippen LogP contribution in [0.5, 0.6) is 0 Å². The van der Waals surface area contributed by atoms with E-state index in [-0.39, 0.29) is 0 Å². The van der Waals surface area contributed by atoms with E-state index in [2.05, 4.69) is 17.2 Å². The first kappa shape index (κ1) is 9.76. The number of rotatable bonds is 3. The first-order valence-corrected chi connectivity index (χ1v) is 4.90. The molecule has 0 bridgehead atoms. The van der Waals surface area contributed by atoms with Gasteiger partial charge in [0.15, 0.2) is 0 Å². The van der Waals surface area contributed by atoms with Gasteiger partial charge in [0.2, 0.25) is 0 Å². The van der Waals surface area contributed by atoms with Crippen molar-refractivity contribution in [3.8, 4) is 0 Å². The molecule has 2 unspecified atom stereocenters. The number of nitrogen functional groups attached to an aromatic ring is 1. The van der Waals surface area contributed by atoms with Crippen LogP contribution in [0.25, 0.3) is 0 Å². The Bertz CT molecular complexity index is 404. The second-order valence-electron chi connectivity index (χ2n) is 3.98. The van der Waals surface area contributed by atoms with Gasteiger partial charge in [0.25, 0.3) is 5.91 Å². The standard InChI is InChI=1S/C10H14N4O/c1-5-2-7(5)14-8-4-13-9(11)3-6(8)10(12)15/h3-5,7,14H,2H2,1H3,(H2,11,13)(H2,12,15). The number of amides is 1. The molecule has 80 valence electrons. The maximum absolute atomic E-state index is 11.2. The van der Waals surface area contributed by atoms with Gasteiger partial charge < -0.3 is 16.8 Å². The lowest BCUT2D eigenvalue weighted by molar-refractivity contribution is 0.100. The van der Waals surface area contributed by atoms with E-state index in [0.717, 1.165) is 6.42 Å². The van der Waals surface area contributed by atoms with Crippen LogP contribution in [0.3, 0.4) is 0 Å². The van der Waals surface area contributed by atoms with Crippen LogP contribution in [0.1, 0.15) is 23.7 Å². The molecule has 2 rings (SSSR count). The van der Waals surface area contributed by atoms with Crippen LogP contribution in [0.4, 0.5) is 11.5 Å². The number of primary amides is 1. The number of hydrogen-bond acceptors (Lipinski definition) is 4. The van der Waals surface area contributed by atoms with Crippen molar-refractivity contribution < 1.29 is 4.79 Å². The molecule has 1 aliphatic rings. The molecule has 1 aromatic rings. The average Bonchev–Trinajstić information content (AvgIpc) is 2.85. The van der Waals surface area contributed by atoms with Crippen LogP contribution in [0, 0.1) is 5.92 Å². The van der Waals surface area contributed by atoms with Gasteiger partial charge >= 0.3 is 0 Å². The number of pyridine rings is 1. The maximum atomic E-state index is 11.2. The molecule has 5 nitrogen and oxygen atoms in total. The molecular weight excluding hydrogens is 192 g/mol. The highest BCUT2D eigenvalue weighted by Gasteiger charge is 2.33. The fraction of sp³-hybridized carbons (Fsp3) is 0.400. The van der Waals surface area contributed by atoms with Crippen molar-refractivity contribution in [2.75, 3.05) is 11.1 Å². The lowest BCUT2D eigenvalue weighted by atomic mass is 10.2. The predicted molar refractivity (Wildman–Crippen MR) is 58.4 cm³/mol. The highest BCUT2D eigenvalue weighted by molar-refractivity contribution is 5.99. The quantitative estimate of drug-likeness (QED) is 0.674. The summed E-state index contributed by atoms with van der Waals surface area (Å²) in [5.41, 5.74) is 11.8. The Kier molecular flexibility index (Phi) is 2.22. The van der Waals surface area contributed by atoms with Gasteiger partial charge in [0.1, 0.15) is 5.82 Å². The Hall–Kier alpha value is -1.78. The summed E-state index contributed by atoms with van der Waals surface area (Å²) in [4.78, 5) is 15.1. The van der Waals surface area contributed by atoms with Gasteiger partial charge in [0, 0.05) is 6.04 Å². The van der Waals surface area contributed by atoms with E-state index in [1.165, 1.54) is 6.07 Å². The minimum absolute atomic E-state index is 0.304. The number of carbonyl (C=O) groups excluding carboxylic acids is 1. The van der Waals surface area contributed by atoms with Gasteiger partial charge in [-0.25, -0.2) is 4.98 Å². The second kappa shape index (κ2) is 3.42. The smallest absolute Gasteiger partial charge is 0.250 e. The molecule has 15 heavy (non-hydrogen) atoms. The molecule has 1 aliphatic carbocycles. The molecule has 0 spiro atoms. The van der Waals surface area contributed by atoms with E-state index >= 15 is 0 Å². The summed E-state index contributed by atoms with van der Waals surface area (Å²) in [6.45, 7) is 2.15. The fourth-order valence-electron chi connectivity index (χ4n) is 1.51.